The third-order valence-corrected chi connectivity index (χ3v) is 6.30. The van der Waals surface area contributed by atoms with Crippen molar-refractivity contribution in [1.82, 2.24) is 0 Å². The fourth-order valence-corrected chi connectivity index (χ4v) is 3.99. The van der Waals surface area contributed by atoms with Crippen LogP contribution in [0.3, 0.4) is 0 Å². The van der Waals surface area contributed by atoms with Crippen molar-refractivity contribution in [1.29, 1.82) is 0 Å². The molecule has 0 rings (SSSR count). The van der Waals surface area contributed by atoms with Gasteiger partial charge in [-0.05, 0) is 12.8 Å². The fraction of sp³-hybridized carbons (Fsp3) is 1.00. The molecule has 0 unspecified atom stereocenters. The zero-order valence-corrected chi connectivity index (χ0v) is 19.4. The van der Waals surface area contributed by atoms with Gasteiger partial charge in [0.15, 0.2) is 0 Å². The summed E-state index contributed by atoms with van der Waals surface area (Å²) in [6.07, 6.45) is 0.702. The predicted octanol–water partition coefficient (Wildman–Crippen LogP) is 8.48. The molecule has 0 heterocycles. The first-order valence-corrected chi connectivity index (χ1v) is 13.0. The number of alkyl halides is 9. The normalized spacial score (nSPS) is 14.2. The summed E-state index contributed by atoms with van der Waals surface area (Å²) < 4.78 is 125. The predicted molar refractivity (Wildman–Crippen MR) is 107 cm³/mol. The molecule has 0 aliphatic rings. The standard InChI is InChI=1S/C20H34F9O3P/c21-17(22,18(23,24)19(25,26)20(27,28)29)15-13-11-9-7-5-3-1-2-4-6-8-10-12-14-16-33(30,31)32/h1-16H2,(H2,30,31,32). The van der Waals surface area contributed by atoms with Crippen LogP contribution in [0.15, 0.2) is 0 Å². The van der Waals surface area contributed by atoms with Gasteiger partial charge in [0.2, 0.25) is 0 Å². The van der Waals surface area contributed by atoms with Crippen LogP contribution in [0, 0.1) is 0 Å². The van der Waals surface area contributed by atoms with Gasteiger partial charge in [0.1, 0.15) is 0 Å². The molecule has 0 spiro atoms. The van der Waals surface area contributed by atoms with Crippen LogP contribution in [0.5, 0.6) is 0 Å². The highest BCUT2D eigenvalue weighted by Crippen LogP contribution is 2.54. The molecule has 0 atom stereocenters. The quantitative estimate of drug-likeness (QED) is 0.101. The molecule has 13 heteroatoms. The Morgan fingerprint density at radius 3 is 1.09 bits per heavy atom. The highest BCUT2D eigenvalue weighted by molar-refractivity contribution is 7.51. The molecule has 0 saturated carbocycles. The van der Waals surface area contributed by atoms with Crippen molar-refractivity contribution in [2.45, 2.75) is 120 Å². The molecular formula is C20H34F9O3P. The molecule has 200 valence electrons. The summed E-state index contributed by atoms with van der Waals surface area (Å²) >= 11 is 0. The van der Waals surface area contributed by atoms with Crippen molar-refractivity contribution in [3.8, 4) is 0 Å². The van der Waals surface area contributed by atoms with Crippen LogP contribution in [0.1, 0.15) is 96.3 Å². The highest BCUT2D eigenvalue weighted by Gasteiger charge is 2.81. The SMILES string of the molecule is O=P(O)(O)CCCCCCCCCCCCCCCCC(F)(F)C(F)(F)C(F)(F)C(F)(F)F. The molecule has 0 aromatic heterocycles. The molecule has 3 nitrogen and oxygen atoms in total. The molecule has 0 radical (unpaired) electrons. The molecule has 0 aromatic rings. The Kier molecular flexibility index (Phi) is 14.0. The maximum atomic E-state index is 13.4. The second kappa shape index (κ2) is 14.2. The van der Waals surface area contributed by atoms with E-state index in [1.807, 2.05) is 0 Å². The Morgan fingerprint density at radius 1 is 0.485 bits per heavy atom. The summed E-state index contributed by atoms with van der Waals surface area (Å²) in [5.74, 6) is -18.8. The summed E-state index contributed by atoms with van der Waals surface area (Å²) in [5, 5.41) is 0. The minimum atomic E-state index is -6.81. The van der Waals surface area contributed by atoms with E-state index < -0.39 is 44.4 Å². The number of hydrogen-bond donors (Lipinski definition) is 2. The fourth-order valence-electron chi connectivity index (χ4n) is 3.35. The number of rotatable bonds is 19. The molecule has 0 aliphatic carbocycles. The number of hydrogen-bond acceptors (Lipinski definition) is 1. The average molecular weight is 524 g/mol. The van der Waals surface area contributed by atoms with Crippen molar-refractivity contribution in [3.05, 3.63) is 0 Å². The topological polar surface area (TPSA) is 57.5 Å². The van der Waals surface area contributed by atoms with Gasteiger partial charge in [-0.2, -0.15) is 39.5 Å². The summed E-state index contributed by atoms with van der Waals surface area (Å²) in [6.45, 7) is 0. The third kappa shape index (κ3) is 12.2. The first-order valence-electron chi connectivity index (χ1n) is 11.2. The van der Waals surface area contributed by atoms with Crippen LogP contribution in [-0.2, 0) is 4.57 Å². The smallest absolute Gasteiger partial charge is 0.324 e. The van der Waals surface area contributed by atoms with Gasteiger partial charge in [-0.15, -0.1) is 0 Å². The van der Waals surface area contributed by atoms with Crippen molar-refractivity contribution < 1.29 is 53.9 Å². The van der Waals surface area contributed by atoms with Crippen LogP contribution < -0.4 is 0 Å². The molecule has 0 aliphatic heterocycles. The lowest BCUT2D eigenvalue weighted by atomic mass is 9.97. The van der Waals surface area contributed by atoms with E-state index in [0.29, 0.717) is 19.3 Å². The number of unbranched alkanes of at least 4 members (excludes halogenated alkanes) is 13. The zero-order chi connectivity index (χ0) is 25.8. The minimum Gasteiger partial charge on any atom is -0.324 e. The molecule has 0 amide bonds. The molecule has 0 saturated heterocycles. The van der Waals surface area contributed by atoms with E-state index in [2.05, 4.69) is 0 Å². The summed E-state index contributed by atoms with van der Waals surface area (Å²) in [6, 6.07) is 0. The Hall–Kier alpha value is -0.480. The maximum absolute atomic E-state index is 13.4. The van der Waals surface area contributed by atoms with Crippen LogP contribution in [0.4, 0.5) is 39.5 Å². The lowest BCUT2D eigenvalue weighted by Gasteiger charge is -2.33. The van der Waals surface area contributed by atoms with E-state index >= 15 is 0 Å². The van der Waals surface area contributed by atoms with Crippen LogP contribution in [-0.4, -0.2) is 39.9 Å². The monoisotopic (exact) mass is 524 g/mol. The zero-order valence-electron chi connectivity index (χ0n) is 18.5. The van der Waals surface area contributed by atoms with Crippen LogP contribution in [0.25, 0.3) is 0 Å². The molecule has 0 fully saturated rings. The van der Waals surface area contributed by atoms with Gasteiger partial charge >= 0.3 is 31.5 Å². The maximum Gasteiger partial charge on any atom is 0.460 e. The second-order valence-electron chi connectivity index (χ2n) is 8.44. The van der Waals surface area contributed by atoms with Gasteiger partial charge in [0.05, 0.1) is 0 Å². The molecular weight excluding hydrogens is 490 g/mol. The molecule has 2 N–H and O–H groups in total. The largest absolute Gasteiger partial charge is 0.460 e. The van der Waals surface area contributed by atoms with Gasteiger partial charge in [0, 0.05) is 12.6 Å². The van der Waals surface area contributed by atoms with Gasteiger partial charge in [0.25, 0.3) is 0 Å². The number of halogens is 9. The Labute approximate surface area is 188 Å². The van der Waals surface area contributed by atoms with Gasteiger partial charge < -0.3 is 9.79 Å². The molecule has 33 heavy (non-hydrogen) atoms. The van der Waals surface area contributed by atoms with Gasteiger partial charge in [-0.3, -0.25) is 4.57 Å². The minimum absolute atomic E-state index is 0.0330. The third-order valence-electron chi connectivity index (χ3n) is 5.40. The van der Waals surface area contributed by atoms with Crippen LogP contribution in [0.2, 0.25) is 0 Å². The lowest BCUT2D eigenvalue weighted by molar-refractivity contribution is -0.396. The molecule has 0 aromatic carbocycles. The van der Waals surface area contributed by atoms with Gasteiger partial charge in [-0.1, -0.05) is 77.0 Å². The lowest BCUT2D eigenvalue weighted by Crippen LogP contribution is -2.60. The van der Waals surface area contributed by atoms with Crippen molar-refractivity contribution in [3.63, 3.8) is 0 Å². The van der Waals surface area contributed by atoms with E-state index in [1.54, 1.807) is 0 Å². The van der Waals surface area contributed by atoms with Crippen LogP contribution >= 0.6 is 7.60 Å². The van der Waals surface area contributed by atoms with E-state index in [4.69, 9.17) is 9.79 Å². The van der Waals surface area contributed by atoms with Crippen molar-refractivity contribution >= 4 is 7.60 Å². The summed E-state index contributed by atoms with van der Waals surface area (Å²) in [7, 11) is -3.91. The van der Waals surface area contributed by atoms with Crippen molar-refractivity contribution in [2.75, 3.05) is 6.16 Å². The van der Waals surface area contributed by atoms with E-state index in [1.165, 1.54) is 0 Å². The van der Waals surface area contributed by atoms with Gasteiger partial charge in [-0.25, -0.2) is 0 Å². The summed E-state index contributed by atoms with van der Waals surface area (Å²) in [4.78, 5) is 17.5. The first kappa shape index (κ1) is 32.5. The summed E-state index contributed by atoms with van der Waals surface area (Å²) in [5.41, 5.74) is 0. The Bertz CT molecular complexity index is 578. The average Bonchev–Trinajstić information content (AvgIpc) is 2.65. The Balaban J connectivity index is 3.76. The van der Waals surface area contributed by atoms with Crippen molar-refractivity contribution in [2.24, 2.45) is 0 Å². The second-order valence-corrected chi connectivity index (χ2v) is 10.2. The Morgan fingerprint density at radius 2 is 0.788 bits per heavy atom. The van der Waals surface area contributed by atoms with E-state index in [-0.39, 0.29) is 12.6 Å². The molecule has 0 bridgehead atoms. The van der Waals surface area contributed by atoms with E-state index in [9.17, 15) is 44.1 Å². The highest BCUT2D eigenvalue weighted by atomic mass is 31.2. The first-order chi connectivity index (χ1) is 15.0. The van der Waals surface area contributed by atoms with E-state index in [0.717, 1.165) is 57.8 Å².